The third-order valence-corrected chi connectivity index (χ3v) is 5.31. The van der Waals surface area contributed by atoms with Crippen LogP contribution in [0.3, 0.4) is 0 Å². The van der Waals surface area contributed by atoms with Gasteiger partial charge in [-0.3, -0.25) is 4.55 Å². The van der Waals surface area contributed by atoms with Crippen molar-refractivity contribution in [3.8, 4) is 0 Å². The van der Waals surface area contributed by atoms with Crippen molar-refractivity contribution >= 4 is 37.4 Å². The summed E-state index contributed by atoms with van der Waals surface area (Å²) < 4.78 is 33.7. The van der Waals surface area contributed by atoms with Gasteiger partial charge in [0.15, 0.2) is 5.71 Å². The first-order chi connectivity index (χ1) is 9.13. The zero-order valence-corrected chi connectivity index (χ0v) is 14.3. The van der Waals surface area contributed by atoms with Crippen molar-refractivity contribution in [2.45, 2.75) is 32.6 Å². The highest BCUT2D eigenvalue weighted by Gasteiger charge is 2.42. The normalized spacial score (nSPS) is 17.4. The predicted molar refractivity (Wildman–Crippen MR) is 83.7 cm³/mol. The fraction of sp³-hybridized carbons (Fsp3) is 0.500. The summed E-state index contributed by atoms with van der Waals surface area (Å²) in [5, 5.41) is 0. The van der Waals surface area contributed by atoms with Gasteiger partial charge in [-0.25, -0.2) is 0 Å². The first kappa shape index (κ1) is 15.7. The molecule has 0 unspecified atom stereocenters. The molecule has 4 nitrogen and oxygen atoms in total. The minimum absolute atomic E-state index is 0.0722. The third-order valence-electron chi connectivity index (χ3n) is 4.02. The maximum Gasteiger partial charge on any atom is 0.265 e. The van der Waals surface area contributed by atoms with Gasteiger partial charge in [0.25, 0.3) is 10.1 Å². The number of rotatable bonds is 4. The molecule has 0 saturated heterocycles. The number of hydrogen-bond donors (Lipinski definition) is 1. The van der Waals surface area contributed by atoms with Crippen molar-refractivity contribution in [2.75, 3.05) is 12.3 Å². The quantitative estimate of drug-likeness (QED) is 0.662. The van der Waals surface area contributed by atoms with Gasteiger partial charge in [0.1, 0.15) is 6.54 Å². The summed E-state index contributed by atoms with van der Waals surface area (Å²) in [5.41, 5.74) is 3.47. The van der Waals surface area contributed by atoms with Crippen LogP contribution in [0.1, 0.15) is 32.8 Å². The van der Waals surface area contributed by atoms with Crippen LogP contribution in [-0.4, -0.2) is 35.6 Å². The lowest BCUT2D eigenvalue weighted by molar-refractivity contribution is -0.438. The first-order valence-electron chi connectivity index (χ1n) is 6.50. The summed E-state index contributed by atoms with van der Waals surface area (Å²) in [7, 11) is -3.89. The van der Waals surface area contributed by atoms with E-state index in [0.29, 0.717) is 13.0 Å². The first-order valence-corrected chi connectivity index (χ1v) is 8.90. The summed E-state index contributed by atoms with van der Waals surface area (Å²) in [5.74, 6) is -0.205. The average molecular weight is 361 g/mol. The van der Waals surface area contributed by atoms with Gasteiger partial charge in [-0.15, -0.1) is 0 Å². The molecule has 2 rings (SSSR count). The standard InChI is InChI=1S/C14H18BrNO3S/c1-10-14(2,3)12-9-11(15)5-6-13(12)16(10)7-4-8-20(17,18)19/h5-6,9H,4,7-8H2,1-3H3/p+1. The molecule has 6 heteroatoms. The molecular weight excluding hydrogens is 342 g/mol. The number of hydrogen-bond acceptors (Lipinski definition) is 2. The third kappa shape index (κ3) is 2.97. The van der Waals surface area contributed by atoms with Gasteiger partial charge >= 0.3 is 0 Å². The Labute approximate surface area is 128 Å². The largest absolute Gasteiger partial charge is 0.286 e. The Morgan fingerprint density at radius 1 is 1.35 bits per heavy atom. The van der Waals surface area contributed by atoms with Crippen LogP contribution < -0.4 is 0 Å². The topological polar surface area (TPSA) is 57.4 Å². The number of halogens is 1. The van der Waals surface area contributed by atoms with Crippen LogP contribution in [0.4, 0.5) is 5.69 Å². The lowest BCUT2D eigenvalue weighted by Gasteiger charge is -2.14. The Hall–Kier alpha value is -0.720. The molecule has 1 aromatic rings. The molecule has 0 aliphatic carbocycles. The van der Waals surface area contributed by atoms with Gasteiger partial charge in [-0.05, 0) is 26.0 Å². The minimum Gasteiger partial charge on any atom is -0.286 e. The van der Waals surface area contributed by atoms with E-state index >= 15 is 0 Å². The minimum atomic E-state index is -3.89. The monoisotopic (exact) mass is 360 g/mol. The Balaban J connectivity index is 2.32. The van der Waals surface area contributed by atoms with Crippen LogP contribution >= 0.6 is 15.9 Å². The van der Waals surface area contributed by atoms with E-state index in [-0.39, 0.29) is 11.2 Å². The smallest absolute Gasteiger partial charge is 0.265 e. The van der Waals surface area contributed by atoms with E-state index in [1.54, 1.807) is 0 Å². The van der Waals surface area contributed by atoms with Gasteiger partial charge in [0.2, 0.25) is 5.69 Å². The van der Waals surface area contributed by atoms with Gasteiger partial charge in [0, 0.05) is 29.4 Å². The van der Waals surface area contributed by atoms with E-state index in [4.69, 9.17) is 4.55 Å². The van der Waals surface area contributed by atoms with Gasteiger partial charge in [0.05, 0.1) is 11.2 Å². The fourth-order valence-corrected chi connectivity index (χ4v) is 3.51. The molecule has 0 saturated carbocycles. The van der Waals surface area contributed by atoms with Crippen LogP contribution in [0, 0.1) is 0 Å². The van der Waals surface area contributed by atoms with E-state index < -0.39 is 10.1 Å². The molecule has 1 aliphatic rings. The molecule has 0 bridgehead atoms. The molecule has 0 aromatic heterocycles. The van der Waals surface area contributed by atoms with Crippen molar-refractivity contribution in [3.63, 3.8) is 0 Å². The highest BCUT2D eigenvalue weighted by molar-refractivity contribution is 9.10. The average Bonchev–Trinajstić information content (AvgIpc) is 2.49. The second-order valence-electron chi connectivity index (χ2n) is 5.66. The zero-order valence-electron chi connectivity index (χ0n) is 11.9. The summed E-state index contributed by atoms with van der Waals surface area (Å²) in [6, 6.07) is 6.15. The number of fused-ring (bicyclic) bond motifs is 1. The summed E-state index contributed by atoms with van der Waals surface area (Å²) in [6.45, 7) is 6.98. The Bertz CT molecular complexity index is 678. The molecule has 0 spiro atoms. The van der Waals surface area contributed by atoms with E-state index in [1.807, 2.05) is 12.1 Å². The van der Waals surface area contributed by atoms with Crippen LogP contribution in [0.2, 0.25) is 0 Å². The van der Waals surface area contributed by atoms with Crippen LogP contribution in [0.5, 0.6) is 0 Å². The van der Waals surface area contributed by atoms with E-state index in [9.17, 15) is 8.42 Å². The summed E-state index contributed by atoms with van der Waals surface area (Å²) in [4.78, 5) is 0. The number of benzene rings is 1. The Kier molecular flexibility index (Phi) is 4.10. The number of nitrogens with zero attached hydrogens (tertiary/aromatic N) is 1. The molecule has 0 amide bonds. The molecule has 0 atom stereocenters. The SMILES string of the molecule is CC1=[N+](CCCS(=O)(=O)O)c2ccc(Br)cc2C1(C)C. The van der Waals surface area contributed by atoms with Crippen molar-refractivity contribution in [3.05, 3.63) is 28.2 Å². The maximum atomic E-state index is 10.8. The van der Waals surface area contributed by atoms with Crippen molar-refractivity contribution < 1.29 is 17.5 Å². The van der Waals surface area contributed by atoms with Crippen LogP contribution in [-0.2, 0) is 15.5 Å². The van der Waals surface area contributed by atoms with Crippen molar-refractivity contribution in [2.24, 2.45) is 0 Å². The fourth-order valence-electron chi connectivity index (χ4n) is 2.65. The molecule has 1 aromatic carbocycles. The second kappa shape index (κ2) is 5.24. The second-order valence-corrected chi connectivity index (χ2v) is 8.15. The predicted octanol–water partition coefficient (Wildman–Crippen LogP) is 3.12. The zero-order chi connectivity index (χ0) is 15.1. The van der Waals surface area contributed by atoms with Crippen LogP contribution in [0.25, 0.3) is 0 Å². The molecule has 110 valence electrons. The van der Waals surface area contributed by atoms with E-state index in [0.717, 1.165) is 10.2 Å². The van der Waals surface area contributed by atoms with Crippen LogP contribution in [0.15, 0.2) is 22.7 Å². The molecule has 1 aliphatic heterocycles. The maximum absolute atomic E-state index is 10.8. The lowest BCUT2D eigenvalue weighted by Crippen LogP contribution is -2.27. The van der Waals surface area contributed by atoms with E-state index in [2.05, 4.69) is 47.3 Å². The molecule has 0 fully saturated rings. The molecular formula is C14H19BrNO3S+. The molecule has 20 heavy (non-hydrogen) atoms. The van der Waals surface area contributed by atoms with Gasteiger partial charge < -0.3 is 0 Å². The summed E-state index contributed by atoms with van der Waals surface area (Å²) in [6.07, 6.45) is 0.405. The molecule has 0 radical (unpaired) electrons. The molecule has 1 N–H and O–H groups in total. The van der Waals surface area contributed by atoms with Crippen molar-refractivity contribution in [1.82, 2.24) is 0 Å². The molecule has 1 heterocycles. The summed E-state index contributed by atoms with van der Waals surface area (Å²) >= 11 is 3.50. The van der Waals surface area contributed by atoms with E-state index in [1.165, 1.54) is 11.3 Å². The Morgan fingerprint density at radius 3 is 2.60 bits per heavy atom. The van der Waals surface area contributed by atoms with Gasteiger partial charge in [-0.2, -0.15) is 13.0 Å². The highest BCUT2D eigenvalue weighted by Crippen LogP contribution is 2.40. The van der Waals surface area contributed by atoms with Crippen molar-refractivity contribution in [1.29, 1.82) is 0 Å². The van der Waals surface area contributed by atoms with Gasteiger partial charge in [-0.1, -0.05) is 15.9 Å². The Morgan fingerprint density at radius 2 is 2.00 bits per heavy atom. The highest BCUT2D eigenvalue weighted by atomic mass is 79.9. The lowest BCUT2D eigenvalue weighted by atomic mass is 9.82.